The first-order valence-electron chi connectivity index (χ1n) is 4.67. The van der Waals surface area contributed by atoms with Gasteiger partial charge in [0.15, 0.2) is 0 Å². The molecule has 0 atom stereocenters. The quantitative estimate of drug-likeness (QED) is 0.773. The average Bonchev–Trinajstić information content (AvgIpc) is 2.86. The first kappa shape index (κ1) is 9.59. The number of rotatable bonds is 3. The molecule has 14 heavy (non-hydrogen) atoms. The van der Waals surface area contributed by atoms with Crippen molar-refractivity contribution in [1.82, 2.24) is 4.90 Å². The highest BCUT2D eigenvalue weighted by Crippen LogP contribution is 2.30. The molecule has 76 valence electrons. The van der Waals surface area contributed by atoms with Crippen LogP contribution in [-0.2, 0) is 0 Å². The van der Waals surface area contributed by atoms with Gasteiger partial charge in [-0.1, -0.05) is 0 Å². The smallest absolute Gasteiger partial charge is 0.258 e. The molecule has 3 nitrogen and oxygen atoms in total. The van der Waals surface area contributed by atoms with Gasteiger partial charge in [0.2, 0.25) is 5.22 Å². The van der Waals surface area contributed by atoms with Crippen molar-refractivity contribution in [3.8, 4) is 0 Å². The van der Waals surface area contributed by atoms with E-state index in [-0.39, 0.29) is 11.1 Å². The van der Waals surface area contributed by atoms with Gasteiger partial charge < -0.3 is 9.32 Å². The Kier molecular flexibility index (Phi) is 2.50. The van der Waals surface area contributed by atoms with E-state index in [1.807, 2.05) is 0 Å². The van der Waals surface area contributed by atoms with Crippen LogP contribution in [0.3, 0.4) is 0 Å². The lowest BCUT2D eigenvalue weighted by Gasteiger charge is -2.15. The molecule has 0 saturated heterocycles. The maximum atomic E-state index is 11.8. The summed E-state index contributed by atoms with van der Waals surface area (Å²) in [5, 5.41) is 0.178. The van der Waals surface area contributed by atoms with Crippen molar-refractivity contribution < 1.29 is 9.21 Å². The third-order valence-electron chi connectivity index (χ3n) is 2.42. The maximum absolute atomic E-state index is 11.8. The Bertz CT molecular complexity index is 344. The van der Waals surface area contributed by atoms with Crippen molar-refractivity contribution in [3.63, 3.8) is 0 Å². The van der Waals surface area contributed by atoms with E-state index < -0.39 is 0 Å². The van der Waals surface area contributed by atoms with E-state index in [1.165, 1.54) is 19.1 Å². The molecule has 1 heterocycles. The Labute approximate surface area is 87.6 Å². The summed E-state index contributed by atoms with van der Waals surface area (Å²) in [5.41, 5.74) is 0.454. The number of nitrogens with zero attached hydrogens (tertiary/aromatic N) is 1. The number of halogens is 1. The van der Waals surface area contributed by atoms with Gasteiger partial charge in [0, 0.05) is 13.6 Å². The highest BCUT2D eigenvalue weighted by atomic mass is 35.5. The fourth-order valence-electron chi connectivity index (χ4n) is 1.42. The minimum Gasteiger partial charge on any atom is -0.452 e. The van der Waals surface area contributed by atoms with Crippen LogP contribution in [0.15, 0.2) is 16.7 Å². The summed E-state index contributed by atoms with van der Waals surface area (Å²) in [4.78, 5) is 13.5. The molecule has 0 unspecified atom stereocenters. The number of carbonyl (C=O) groups is 1. The zero-order chi connectivity index (χ0) is 10.1. The molecule has 2 rings (SSSR count). The van der Waals surface area contributed by atoms with Crippen LogP contribution in [-0.4, -0.2) is 24.4 Å². The molecular weight excluding hydrogens is 202 g/mol. The average molecular weight is 214 g/mol. The molecule has 4 heteroatoms. The molecule has 1 amide bonds. The molecule has 1 aliphatic rings. The van der Waals surface area contributed by atoms with Crippen LogP contribution in [0.5, 0.6) is 0 Å². The largest absolute Gasteiger partial charge is 0.452 e. The summed E-state index contributed by atoms with van der Waals surface area (Å²) in [6.07, 6.45) is 3.90. The van der Waals surface area contributed by atoms with Crippen LogP contribution in [0.1, 0.15) is 23.2 Å². The van der Waals surface area contributed by atoms with E-state index in [0.717, 1.165) is 6.54 Å². The predicted molar refractivity (Wildman–Crippen MR) is 53.4 cm³/mol. The van der Waals surface area contributed by atoms with Gasteiger partial charge >= 0.3 is 0 Å². The number of amides is 1. The fourth-order valence-corrected chi connectivity index (χ4v) is 1.62. The van der Waals surface area contributed by atoms with Crippen LogP contribution in [0, 0.1) is 5.92 Å². The lowest BCUT2D eigenvalue weighted by Crippen LogP contribution is -2.28. The Hall–Kier alpha value is -0.960. The molecule has 0 spiro atoms. The lowest BCUT2D eigenvalue weighted by molar-refractivity contribution is 0.0788. The van der Waals surface area contributed by atoms with Crippen LogP contribution < -0.4 is 0 Å². The zero-order valence-electron chi connectivity index (χ0n) is 8.00. The second-order valence-electron chi connectivity index (χ2n) is 3.74. The van der Waals surface area contributed by atoms with Crippen molar-refractivity contribution in [1.29, 1.82) is 0 Å². The molecule has 1 aromatic rings. The Balaban J connectivity index is 2.03. The predicted octanol–water partition coefficient (Wildman–Crippen LogP) is 2.42. The van der Waals surface area contributed by atoms with Crippen molar-refractivity contribution >= 4 is 17.5 Å². The van der Waals surface area contributed by atoms with E-state index in [1.54, 1.807) is 18.0 Å². The number of furan rings is 1. The van der Waals surface area contributed by atoms with E-state index in [0.29, 0.717) is 11.5 Å². The standard InChI is InChI=1S/C10H12ClNO2/c1-12(6-7-2-3-7)10(13)8-4-5-14-9(8)11/h4-5,7H,2-3,6H2,1H3. The summed E-state index contributed by atoms with van der Waals surface area (Å²) in [7, 11) is 1.80. The van der Waals surface area contributed by atoms with E-state index in [9.17, 15) is 4.79 Å². The topological polar surface area (TPSA) is 33.5 Å². The normalized spacial score (nSPS) is 15.6. The first-order chi connectivity index (χ1) is 6.68. The third-order valence-corrected chi connectivity index (χ3v) is 2.72. The van der Waals surface area contributed by atoms with E-state index in [2.05, 4.69) is 0 Å². The minimum absolute atomic E-state index is 0.0596. The van der Waals surface area contributed by atoms with Crippen molar-refractivity contribution in [2.24, 2.45) is 5.92 Å². The lowest BCUT2D eigenvalue weighted by atomic mass is 10.3. The molecule has 0 bridgehead atoms. The third kappa shape index (κ3) is 1.93. The van der Waals surface area contributed by atoms with Gasteiger partial charge in [-0.3, -0.25) is 4.79 Å². The monoisotopic (exact) mass is 213 g/mol. The summed E-state index contributed by atoms with van der Waals surface area (Å²) >= 11 is 5.72. The van der Waals surface area contributed by atoms with Gasteiger partial charge in [-0.2, -0.15) is 0 Å². The fraction of sp³-hybridized carbons (Fsp3) is 0.500. The Morgan fingerprint density at radius 2 is 2.43 bits per heavy atom. The Morgan fingerprint density at radius 1 is 1.71 bits per heavy atom. The summed E-state index contributed by atoms with van der Waals surface area (Å²) < 4.78 is 4.87. The van der Waals surface area contributed by atoms with E-state index in [4.69, 9.17) is 16.0 Å². The summed E-state index contributed by atoms with van der Waals surface area (Å²) in [6, 6.07) is 1.61. The van der Waals surface area contributed by atoms with Crippen LogP contribution in [0.4, 0.5) is 0 Å². The van der Waals surface area contributed by atoms with Gasteiger partial charge in [-0.25, -0.2) is 0 Å². The number of hydrogen-bond acceptors (Lipinski definition) is 2. The Morgan fingerprint density at radius 3 is 2.93 bits per heavy atom. The summed E-state index contributed by atoms with van der Waals surface area (Å²) in [5.74, 6) is 0.630. The molecule has 1 saturated carbocycles. The second kappa shape index (κ2) is 3.65. The van der Waals surface area contributed by atoms with Gasteiger partial charge in [-0.15, -0.1) is 0 Å². The van der Waals surface area contributed by atoms with Gasteiger partial charge in [-0.05, 0) is 36.4 Å². The number of carbonyl (C=O) groups excluding carboxylic acids is 1. The van der Waals surface area contributed by atoms with Crippen LogP contribution in [0.25, 0.3) is 0 Å². The molecule has 1 aliphatic carbocycles. The summed E-state index contributed by atoms with van der Waals surface area (Å²) in [6.45, 7) is 0.820. The second-order valence-corrected chi connectivity index (χ2v) is 4.08. The maximum Gasteiger partial charge on any atom is 0.258 e. The molecule has 1 fully saturated rings. The van der Waals surface area contributed by atoms with Gasteiger partial charge in [0.1, 0.15) is 0 Å². The van der Waals surface area contributed by atoms with Crippen molar-refractivity contribution in [3.05, 3.63) is 23.1 Å². The number of hydrogen-bond donors (Lipinski definition) is 0. The molecule has 0 radical (unpaired) electrons. The SMILES string of the molecule is CN(CC1CC1)C(=O)c1ccoc1Cl. The molecule has 0 N–H and O–H groups in total. The molecule has 0 aliphatic heterocycles. The molecule has 1 aromatic heterocycles. The molecule has 0 aromatic carbocycles. The highest BCUT2D eigenvalue weighted by Gasteiger charge is 2.26. The highest BCUT2D eigenvalue weighted by molar-refractivity contribution is 6.32. The van der Waals surface area contributed by atoms with E-state index >= 15 is 0 Å². The van der Waals surface area contributed by atoms with Gasteiger partial charge in [0.05, 0.1) is 11.8 Å². The molecular formula is C10H12ClNO2. The first-order valence-corrected chi connectivity index (χ1v) is 5.04. The zero-order valence-corrected chi connectivity index (χ0v) is 8.75. The van der Waals surface area contributed by atoms with Crippen LogP contribution in [0.2, 0.25) is 5.22 Å². The van der Waals surface area contributed by atoms with Crippen molar-refractivity contribution in [2.45, 2.75) is 12.8 Å². The van der Waals surface area contributed by atoms with Crippen molar-refractivity contribution in [2.75, 3.05) is 13.6 Å². The van der Waals surface area contributed by atoms with Gasteiger partial charge in [0.25, 0.3) is 5.91 Å². The minimum atomic E-state index is -0.0596. The van der Waals surface area contributed by atoms with Crippen LogP contribution >= 0.6 is 11.6 Å².